The molecule has 0 atom stereocenters. The van der Waals surface area contributed by atoms with Gasteiger partial charge in [0.25, 0.3) is 5.91 Å². The Bertz CT molecular complexity index is 1210. The average molecular weight is 431 g/mol. The molecule has 3 aromatic carbocycles. The van der Waals surface area contributed by atoms with Crippen molar-refractivity contribution in [2.24, 2.45) is 0 Å². The van der Waals surface area contributed by atoms with Crippen molar-refractivity contribution in [1.82, 2.24) is 9.47 Å². The molecule has 6 heteroatoms. The first-order chi connectivity index (χ1) is 15.5. The van der Waals surface area contributed by atoms with Crippen molar-refractivity contribution in [2.75, 3.05) is 31.3 Å². The first-order valence-corrected chi connectivity index (χ1v) is 10.7. The fraction of sp³-hybridized carbons (Fsp3) is 0.192. The topological polar surface area (TPSA) is 49.3 Å². The molecule has 0 radical (unpaired) electrons. The van der Waals surface area contributed by atoms with Crippen molar-refractivity contribution in [3.8, 4) is 0 Å². The molecule has 0 aliphatic heterocycles. The van der Waals surface area contributed by atoms with Gasteiger partial charge in [0.15, 0.2) is 0 Å². The number of rotatable bonds is 8. The summed E-state index contributed by atoms with van der Waals surface area (Å²) in [6.45, 7) is 2.05. The number of amides is 1. The van der Waals surface area contributed by atoms with Crippen LogP contribution in [0.4, 0.5) is 21.5 Å². The van der Waals surface area contributed by atoms with Crippen LogP contribution in [0.25, 0.3) is 10.9 Å². The highest BCUT2D eigenvalue weighted by molar-refractivity contribution is 6.04. The fourth-order valence-corrected chi connectivity index (χ4v) is 3.67. The summed E-state index contributed by atoms with van der Waals surface area (Å²) < 4.78 is 15.3. The summed E-state index contributed by atoms with van der Waals surface area (Å²) in [5.74, 6) is -0.583. The molecule has 1 heterocycles. The molecule has 0 aliphatic carbocycles. The molecule has 0 bridgehead atoms. The molecule has 1 amide bonds. The second-order valence-electron chi connectivity index (χ2n) is 8.11. The Balaban J connectivity index is 1.44. The van der Waals surface area contributed by atoms with Gasteiger partial charge in [0.1, 0.15) is 5.82 Å². The van der Waals surface area contributed by atoms with Crippen molar-refractivity contribution in [2.45, 2.75) is 13.0 Å². The first-order valence-electron chi connectivity index (χ1n) is 10.7. The number of hydrogen-bond donors (Lipinski definition) is 2. The molecule has 32 heavy (non-hydrogen) atoms. The Labute approximate surface area is 187 Å². The largest absolute Gasteiger partial charge is 0.355 e. The van der Waals surface area contributed by atoms with E-state index >= 15 is 0 Å². The van der Waals surface area contributed by atoms with Gasteiger partial charge in [-0.15, -0.1) is 0 Å². The van der Waals surface area contributed by atoms with Crippen LogP contribution in [-0.2, 0) is 6.54 Å². The molecule has 1 aromatic heterocycles. The van der Waals surface area contributed by atoms with Crippen molar-refractivity contribution in [3.05, 3.63) is 90.4 Å². The van der Waals surface area contributed by atoms with E-state index < -0.39 is 0 Å². The molecule has 0 fully saturated rings. The van der Waals surface area contributed by atoms with E-state index in [1.165, 1.54) is 35.2 Å². The minimum atomic E-state index is -0.338. The van der Waals surface area contributed by atoms with Crippen LogP contribution in [0.2, 0.25) is 0 Å². The number of hydrogen-bond acceptors (Lipinski definition) is 3. The van der Waals surface area contributed by atoms with Crippen LogP contribution < -0.4 is 10.6 Å². The maximum absolute atomic E-state index is 13.1. The monoisotopic (exact) mass is 430 g/mol. The van der Waals surface area contributed by atoms with Crippen molar-refractivity contribution < 1.29 is 9.18 Å². The van der Waals surface area contributed by atoms with Gasteiger partial charge in [-0.2, -0.15) is 0 Å². The van der Waals surface area contributed by atoms with Crippen molar-refractivity contribution in [1.29, 1.82) is 0 Å². The quantitative estimate of drug-likeness (QED) is 0.375. The van der Waals surface area contributed by atoms with Gasteiger partial charge in [-0.05, 0) is 93.8 Å². The van der Waals surface area contributed by atoms with Gasteiger partial charge in [0.05, 0.1) is 0 Å². The van der Waals surface area contributed by atoms with E-state index in [2.05, 4.69) is 64.7 Å². The zero-order valence-corrected chi connectivity index (χ0v) is 18.3. The highest BCUT2D eigenvalue weighted by atomic mass is 19.1. The summed E-state index contributed by atoms with van der Waals surface area (Å²) in [4.78, 5) is 14.8. The predicted molar refractivity (Wildman–Crippen MR) is 129 cm³/mol. The molecule has 5 nitrogen and oxygen atoms in total. The van der Waals surface area contributed by atoms with Gasteiger partial charge in [-0.1, -0.05) is 6.07 Å². The predicted octanol–water partition coefficient (Wildman–Crippen LogP) is 5.73. The number of halogens is 1. The number of aryl methyl sites for hydroxylation is 1. The Morgan fingerprint density at radius 2 is 1.69 bits per heavy atom. The van der Waals surface area contributed by atoms with Gasteiger partial charge in [-0.3, -0.25) is 4.79 Å². The molecule has 0 spiro atoms. The second kappa shape index (κ2) is 9.66. The molecule has 0 saturated carbocycles. The second-order valence-corrected chi connectivity index (χ2v) is 8.11. The molecule has 164 valence electrons. The third kappa shape index (κ3) is 5.34. The van der Waals surface area contributed by atoms with E-state index in [0.717, 1.165) is 30.9 Å². The average Bonchev–Trinajstić information content (AvgIpc) is 3.17. The highest BCUT2D eigenvalue weighted by Crippen LogP contribution is 2.24. The van der Waals surface area contributed by atoms with Crippen LogP contribution in [-0.4, -0.2) is 36.0 Å². The number of nitrogens with zero attached hydrogens (tertiary/aromatic N) is 2. The van der Waals surface area contributed by atoms with Crippen molar-refractivity contribution in [3.63, 3.8) is 0 Å². The van der Waals surface area contributed by atoms with Crippen molar-refractivity contribution >= 4 is 33.9 Å². The summed E-state index contributed by atoms with van der Waals surface area (Å²) in [6, 6.07) is 21.4. The highest BCUT2D eigenvalue weighted by Gasteiger charge is 2.08. The van der Waals surface area contributed by atoms with Crippen LogP contribution in [0.5, 0.6) is 0 Å². The summed E-state index contributed by atoms with van der Waals surface area (Å²) in [7, 11) is 4.18. The van der Waals surface area contributed by atoms with E-state index in [1.54, 1.807) is 12.1 Å². The lowest BCUT2D eigenvalue weighted by atomic mass is 10.1. The van der Waals surface area contributed by atoms with Crippen LogP contribution in [0.3, 0.4) is 0 Å². The normalized spacial score (nSPS) is 11.1. The van der Waals surface area contributed by atoms with Crippen LogP contribution in [0.15, 0.2) is 79.0 Å². The first kappa shape index (κ1) is 21.6. The number of anilines is 3. The van der Waals surface area contributed by atoms with Crippen LogP contribution in [0.1, 0.15) is 16.8 Å². The molecular weight excluding hydrogens is 403 g/mol. The smallest absolute Gasteiger partial charge is 0.255 e. The molecular formula is C26H27FN4O. The van der Waals surface area contributed by atoms with E-state index in [-0.39, 0.29) is 11.7 Å². The summed E-state index contributed by atoms with van der Waals surface area (Å²) >= 11 is 0. The molecule has 4 rings (SSSR count). The Morgan fingerprint density at radius 1 is 0.938 bits per heavy atom. The fourth-order valence-electron chi connectivity index (χ4n) is 3.67. The number of carbonyl (C=O) groups is 1. The maximum Gasteiger partial charge on any atom is 0.255 e. The Hall–Kier alpha value is -3.64. The zero-order chi connectivity index (χ0) is 22.5. The van der Waals surface area contributed by atoms with E-state index in [9.17, 15) is 9.18 Å². The van der Waals surface area contributed by atoms with Gasteiger partial charge in [0.2, 0.25) is 0 Å². The zero-order valence-electron chi connectivity index (χ0n) is 18.3. The van der Waals surface area contributed by atoms with Gasteiger partial charge >= 0.3 is 0 Å². The van der Waals surface area contributed by atoms with Gasteiger partial charge in [0, 0.05) is 46.3 Å². The van der Waals surface area contributed by atoms with E-state index in [0.29, 0.717) is 11.3 Å². The lowest BCUT2D eigenvalue weighted by Crippen LogP contribution is -2.14. The molecule has 0 saturated heterocycles. The van der Waals surface area contributed by atoms with E-state index in [1.807, 2.05) is 12.1 Å². The molecule has 4 aromatic rings. The van der Waals surface area contributed by atoms with E-state index in [4.69, 9.17) is 0 Å². The van der Waals surface area contributed by atoms with Gasteiger partial charge in [-0.25, -0.2) is 4.39 Å². The number of benzene rings is 3. The summed E-state index contributed by atoms with van der Waals surface area (Å²) in [6.07, 6.45) is 3.23. The number of aromatic nitrogens is 1. The Kier molecular flexibility index (Phi) is 6.52. The lowest BCUT2D eigenvalue weighted by molar-refractivity contribution is 0.102. The summed E-state index contributed by atoms with van der Waals surface area (Å²) in [5, 5.41) is 7.34. The Morgan fingerprint density at radius 3 is 2.47 bits per heavy atom. The molecule has 0 unspecified atom stereocenters. The maximum atomic E-state index is 13.1. The standard InChI is InChI=1S/C26H27FN4O/c1-30(2)14-4-15-31-16-13-19-17-24(11-12-25(19)31)28-23-6-3-5-20(18-23)26(32)29-22-9-7-21(27)8-10-22/h3,5-13,16-18,28H,4,14-15H2,1-2H3,(H,29,32). The molecule has 2 N–H and O–H groups in total. The number of nitrogens with one attached hydrogen (secondary N) is 2. The lowest BCUT2D eigenvalue weighted by Gasteiger charge is -2.11. The number of fused-ring (bicyclic) bond motifs is 1. The van der Waals surface area contributed by atoms with Crippen LogP contribution >= 0.6 is 0 Å². The summed E-state index contributed by atoms with van der Waals surface area (Å²) in [5.41, 5.74) is 4.06. The third-order valence-electron chi connectivity index (χ3n) is 5.29. The van der Waals surface area contributed by atoms with Crippen LogP contribution in [0, 0.1) is 5.82 Å². The number of carbonyl (C=O) groups excluding carboxylic acids is 1. The third-order valence-corrected chi connectivity index (χ3v) is 5.29. The molecule has 0 aliphatic rings. The minimum absolute atomic E-state index is 0.245. The minimum Gasteiger partial charge on any atom is -0.355 e. The van der Waals surface area contributed by atoms with Gasteiger partial charge < -0.3 is 20.1 Å². The SMILES string of the molecule is CN(C)CCCn1ccc2cc(Nc3cccc(C(=O)Nc4ccc(F)cc4)c3)ccc21.